The average molecular weight is 224 g/mol. The third-order valence-electron chi connectivity index (χ3n) is 3.86. The molecule has 1 heterocycles. The van der Waals surface area contributed by atoms with Crippen molar-refractivity contribution in [1.82, 2.24) is 10.6 Å². The van der Waals surface area contributed by atoms with Crippen LogP contribution in [0, 0.1) is 5.92 Å². The maximum absolute atomic E-state index is 11.8. The Kier molecular flexibility index (Phi) is 4.64. The maximum Gasteiger partial charge on any atom is 0.220 e. The molecule has 2 fully saturated rings. The summed E-state index contributed by atoms with van der Waals surface area (Å²) in [5.74, 6) is 0.936. The first-order chi connectivity index (χ1) is 7.84. The predicted octanol–water partition coefficient (Wildman–Crippen LogP) is 1.82. The lowest BCUT2D eigenvalue weighted by Gasteiger charge is -2.26. The second-order valence-corrected chi connectivity index (χ2v) is 5.32. The molecule has 0 aromatic heterocycles. The van der Waals surface area contributed by atoms with Gasteiger partial charge in [-0.15, -0.1) is 0 Å². The number of hydrogen-bond donors (Lipinski definition) is 2. The highest BCUT2D eigenvalue weighted by Gasteiger charge is 2.20. The van der Waals surface area contributed by atoms with Gasteiger partial charge in [-0.2, -0.15) is 0 Å². The molecule has 0 aromatic rings. The van der Waals surface area contributed by atoms with Crippen LogP contribution in [0.3, 0.4) is 0 Å². The van der Waals surface area contributed by atoms with Crippen LogP contribution in [-0.4, -0.2) is 25.0 Å². The van der Waals surface area contributed by atoms with Crippen LogP contribution in [0.5, 0.6) is 0 Å². The van der Waals surface area contributed by atoms with Gasteiger partial charge in [-0.05, 0) is 38.1 Å². The number of carbonyl (C=O) groups excluding carboxylic acids is 1. The maximum atomic E-state index is 11.8. The Morgan fingerprint density at radius 1 is 1.12 bits per heavy atom. The Hall–Kier alpha value is -0.570. The summed E-state index contributed by atoms with van der Waals surface area (Å²) in [6, 6.07) is 0.379. The molecule has 0 aromatic carbocycles. The van der Waals surface area contributed by atoms with Crippen molar-refractivity contribution >= 4 is 5.91 Å². The Morgan fingerprint density at radius 3 is 2.62 bits per heavy atom. The van der Waals surface area contributed by atoms with Gasteiger partial charge in [0.25, 0.3) is 0 Å². The van der Waals surface area contributed by atoms with E-state index in [0.29, 0.717) is 12.0 Å². The second-order valence-electron chi connectivity index (χ2n) is 5.32. The SMILES string of the molecule is O=C(CC1CCCCC1)N[C@H]1CCCNC1. The van der Waals surface area contributed by atoms with E-state index in [1.54, 1.807) is 0 Å². The van der Waals surface area contributed by atoms with Crippen molar-refractivity contribution in [3.8, 4) is 0 Å². The van der Waals surface area contributed by atoms with Gasteiger partial charge in [-0.1, -0.05) is 19.3 Å². The Morgan fingerprint density at radius 2 is 1.94 bits per heavy atom. The smallest absolute Gasteiger partial charge is 0.220 e. The minimum atomic E-state index is 0.278. The molecule has 0 unspecified atom stereocenters. The van der Waals surface area contributed by atoms with Gasteiger partial charge in [0.1, 0.15) is 0 Å². The number of carbonyl (C=O) groups is 1. The molecule has 0 spiro atoms. The van der Waals surface area contributed by atoms with Gasteiger partial charge in [0.05, 0.1) is 0 Å². The van der Waals surface area contributed by atoms with Crippen LogP contribution in [0.1, 0.15) is 51.4 Å². The number of nitrogens with one attached hydrogen (secondary N) is 2. The lowest BCUT2D eigenvalue weighted by Crippen LogP contribution is -2.46. The molecule has 3 heteroatoms. The standard InChI is InChI=1S/C13H24N2O/c16-13(9-11-5-2-1-3-6-11)15-12-7-4-8-14-10-12/h11-12,14H,1-10H2,(H,15,16)/t12-/m0/s1. The number of amides is 1. The first-order valence-electron chi connectivity index (χ1n) is 6.84. The lowest BCUT2D eigenvalue weighted by molar-refractivity contribution is -0.123. The van der Waals surface area contributed by atoms with Crippen molar-refractivity contribution in [3.05, 3.63) is 0 Å². The number of hydrogen-bond acceptors (Lipinski definition) is 2. The van der Waals surface area contributed by atoms with E-state index >= 15 is 0 Å². The topological polar surface area (TPSA) is 41.1 Å². The molecule has 0 radical (unpaired) electrons. The summed E-state index contributed by atoms with van der Waals surface area (Å²) in [6.45, 7) is 2.06. The molecule has 0 bridgehead atoms. The van der Waals surface area contributed by atoms with Gasteiger partial charge < -0.3 is 10.6 Å². The van der Waals surface area contributed by atoms with Crippen molar-refractivity contribution in [2.75, 3.05) is 13.1 Å². The van der Waals surface area contributed by atoms with Crippen LogP contribution in [-0.2, 0) is 4.79 Å². The molecule has 1 aliphatic carbocycles. The summed E-state index contributed by atoms with van der Waals surface area (Å²) in [5.41, 5.74) is 0. The fourth-order valence-corrected chi connectivity index (χ4v) is 2.92. The van der Waals surface area contributed by atoms with Gasteiger partial charge >= 0.3 is 0 Å². The van der Waals surface area contributed by atoms with Crippen molar-refractivity contribution in [1.29, 1.82) is 0 Å². The predicted molar refractivity (Wildman–Crippen MR) is 65.2 cm³/mol. The van der Waals surface area contributed by atoms with Crippen LogP contribution < -0.4 is 10.6 Å². The van der Waals surface area contributed by atoms with E-state index in [1.165, 1.54) is 38.5 Å². The zero-order valence-corrected chi connectivity index (χ0v) is 10.1. The van der Waals surface area contributed by atoms with Crippen LogP contribution in [0.4, 0.5) is 0 Å². The lowest BCUT2D eigenvalue weighted by atomic mass is 9.87. The van der Waals surface area contributed by atoms with Crippen molar-refractivity contribution in [2.45, 2.75) is 57.4 Å². The summed E-state index contributed by atoms with van der Waals surface area (Å²) in [4.78, 5) is 11.8. The quantitative estimate of drug-likeness (QED) is 0.768. The molecule has 1 saturated carbocycles. The first kappa shape index (κ1) is 11.9. The zero-order chi connectivity index (χ0) is 11.2. The molecule has 2 N–H and O–H groups in total. The van der Waals surface area contributed by atoms with E-state index in [1.807, 2.05) is 0 Å². The van der Waals surface area contributed by atoms with Crippen LogP contribution in [0.15, 0.2) is 0 Å². The molecule has 1 amide bonds. The normalized spacial score (nSPS) is 27.6. The molecular weight excluding hydrogens is 200 g/mol. The van der Waals surface area contributed by atoms with E-state index in [9.17, 15) is 4.79 Å². The van der Waals surface area contributed by atoms with E-state index in [-0.39, 0.29) is 5.91 Å². The molecule has 2 rings (SSSR count). The largest absolute Gasteiger partial charge is 0.352 e. The fraction of sp³-hybridized carbons (Fsp3) is 0.923. The van der Waals surface area contributed by atoms with E-state index < -0.39 is 0 Å². The van der Waals surface area contributed by atoms with Crippen LogP contribution in [0.2, 0.25) is 0 Å². The third-order valence-corrected chi connectivity index (χ3v) is 3.86. The van der Waals surface area contributed by atoms with Gasteiger partial charge in [0.15, 0.2) is 0 Å². The third kappa shape index (κ3) is 3.78. The van der Waals surface area contributed by atoms with E-state index in [4.69, 9.17) is 0 Å². The molecular formula is C13H24N2O. The summed E-state index contributed by atoms with van der Waals surface area (Å²) in [5, 5.41) is 6.49. The number of piperidine rings is 1. The molecule has 2 aliphatic rings. The molecule has 3 nitrogen and oxygen atoms in total. The second kappa shape index (κ2) is 6.24. The van der Waals surface area contributed by atoms with E-state index in [0.717, 1.165) is 25.9 Å². The first-order valence-corrected chi connectivity index (χ1v) is 6.84. The highest BCUT2D eigenvalue weighted by molar-refractivity contribution is 5.76. The Balaban J connectivity index is 1.66. The minimum absolute atomic E-state index is 0.278. The molecule has 92 valence electrons. The fourth-order valence-electron chi connectivity index (χ4n) is 2.92. The molecule has 1 atom stereocenters. The Labute approximate surface area is 98.4 Å². The van der Waals surface area contributed by atoms with Gasteiger partial charge in [-0.25, -0.2) is 0 Å². The summed E-state index contributed by atoms with van der Waals surface area (Å²) >= 11 is 0. The van der Waals surface area contributed by atoms with Gasteiger partial charge in [0, 0.05) is 19.0 Å². The monoisotopic (exact) mass is 224 g/mol. The highest BCUT2D eigenvalue weighted by atomic mass is 16.1. The van der Waals surface area contributed by atoms with Gasteiger partial charge in [0.2, 0.25) is 5.91 Å². The molecule has 16 heavy (non-hydrogen) atoms. The summed E-state index contributed by atoms with van der Waals surface area (Å²) < 4.78 is 0. The average Bonchev–Trinajstić information content (AvgIpc) is 2.31. The van der Waals surface area contributed by atoms with Gasteiger partial charge in [-0.3, -0.25) is 4.79 Å². The van der Waals surface area contributed by atoms with Crippen molar-refractivity contribution in [3.63, 3.8) is 0 Å². The van der Waals surface area contributed by atoms with Crippen molar-refractivity contribution in [2.24, 2.45) is 5.92 Å². The zero-order valence-electron chi connectivity index (χ0n) is 10.1. The molecule has 1 aliphatic heterocycles. The number of rotatable bonds is 3. The molecule has 1 saturated heterocycles. The van der Waals surface area contributed by atoms with Crippen LogP contribution in [0.25, 0.3) is 0 Å². The summed E-state index contributed by atoms with van der Waals surface area (Å²) in [7, 11) is 0. The van der Waals surface area contributed by atoms with Crippen molar-refractivity contribution < 1.29 is 4.79 Å². The van der Waals surface area contributed by atoms with E-state index in [2.05, 4.69) is 10.6 Å². The Bertz CT molecular complexity index is 196. The highest BCUT2D eigenvalue weighted by Crippen LogP contribution is 2.26. The summed E-state index contributed by atoms with van der Waals surface area (Å²) in [6.07, 6.45) is 9.62. The van der Waals surface area contributed by atoms with Crippen LogP contribution >= 0.6 is 0 Å². The minimum Gasteiger partial charge on any atom is -0.352 e.